The molecule has 31 heavy (non-hydrogen) atoms. The van der Waals surface area contributed by atoms with Gasteiger partial charge in [0.2, 0.25) is 0 Å². The normalized spacial score (nSPS) is 30.5. The van der Waals surface area contributed by atoms with Crippen molar-refractivity contribution in [2.24, 2.45) is 10.4 Å². The first-order valence-electron chi connectivity index (χ1n) is 10.1. The second-order valence-electron chi connectivity index (χ2n) is 8.96. The zero-order valence-corrected chi connectivity index (χ0v) is 18.4. The first kappa shape index (κ1) is 20.6. The lowest BCUT2D eigenvalue weighted by Gasteiger charge is -2.69. The molecular formula is C23H21Cl2FN2O3. The Bertz CT molecular complexity index is 1070. The predicted molar refractivity (Wildman–Crippen MR) is 116 cm³/mol. The van der Waals surface area contributed by atoms with E-state index in [1.807, 2.05) is 31.2 Å². The summed E-state index contributed by atoms with van der Waals surface area (Å²) in [6, 6.07) is 11.7. The van der Waals surface area contributed by atoms with Gasteiger partial charge in [-0.3, -0.25) is 9.79 Å². The van der Waals surface area contributed by atoms with Gasteiger partial charge >= 0.3 is 0 Å². The van der Waals surface area contributed by atoms with E-state index >= 15 is 0 Å². The number of rotatable bonds is 6. The van der Waals surface area contributed by atoms with Crippen molar-refractivity contribution in [2.45, 2.75) is 37.3 Å². The van der Waals surface area contributed by atoms with Crippen LogP contribution in [0.1, 0.15) is 31.7 Å². The molecular weight excluding hydrogens is 442 g/mol. The Morgan fingerprint density at radius 3 is 2.58 bits per heavy atom. The second-order valence-corrected chi connectivity index (χ2v) is 9.81. The van der Waals surface area contributed by atoms with E-state index in [0.717, 1.165) is 30.7 Å². The summed E-state index contributed by atoms with van der Waals surface area (Å²) in [7, 11) is 0. The minimum Gasteiger partial charge on any atom is -0.484 e. The number of hydrogen-bond donors (Lipinski definition) is 1. The monoisotopic (exact) mass is 462 g/mol. The molecule has 3 aliphatic carbocycles. The average molecular weight is 463 g/mol. The summed E-state index contributed by atoms with van der Waals surface area (Å²) in [5, 5.41) is 3.76. The summed E-state index contributed by atoms with van der Waals surface area (Å²) in [6.45, 7) is 2.42. The van der Waals surface area contributed by atoms with Crippen LogP contribution in [0.5, 0.6) is 5.75 Å². The number of benzene rings is 2. The number of amides is 1. The molecule has 2 aromatic rings. The number of halogens is 3. The highest BCUT2D eigenvalue weighted by atomic mass is 35.5. The van der Waals surface area contributed by atoms with Gasteiger partial charge < -0.3 is 14.8 Å². The summed E-state index contributed by atoms with van der Waals surface area (Å²) in [4.78, 5) is 17.0. The Balaban J connectivity index is 1.13. The molecule has 0 radical (unpaired) electrons. The van der Waals surface area contributed by atoms with Crippen LogP contribution >= 0.6 is 23.2 Å². The van der Waals surface area contributed by atoms with Gasteiger partial charge in [-0.05, 0) is 56.0 Å². The highest BCUT2D eigenvalue weighted by Gasteiger charge is 2.72. The molecule has 3 fully saturated rings. The third-order valence-electron chi connectivity index (χ3n) is 6.45. The maximum Gasteiger partial charge on any atom is 0.258 e. The Hall–Kier alpha value is -2.31. The molecule has 1 N–H and O–H groups in total. The van der Waals surface area contributed by atoms with Crippen molar-refractivity contribution in [3.8, 4) is 5.75 Å². The summed E-state index contributed by atoms with van der Waals surface area (Å²) in [5.41, 5.74) is 0.239. The van der Waals surface area contributed by atoms with Gasteiger partial charge in [-0.15, -0.1) is 0 Å². The van der Waals surface area contributed by atoms with E-state index in [1.165, 1.54) is 18.2 Å². The molecule has 1 unspecified atom stereocenters. The van der Waals surface area contributed by atoms with Crippen LogP contribution in [0.25, 0.3) is 0 Å². The van der Waals surface area contributed by atoms with Crippen LogP contribution in [0.4, 0.5) is 4.39 Å². The Morgan fingerprint density at radius 1 is 1.19 bits per heavy atom. The molecule has 2 aromatic carbocycles. The predicted octanol–water partition coefficient (Wildman–Crippen LogP) is 4.89. The third-order valence-corrected chi connectivity index (χ3v) is 7.01. The zero-order chi connectivity index (χ0) is 21.9. The van der Waals surface area contributed by atoms with Gasteiger partial charge in [-0.2, -0.15) is 0 Å². The minimum atomic E-state index is -0.580. The van der Waals surface area contributed by atoms with E-state index in [0.29, 0.717) is 11.6 Å². The van der Waals surface area contributed by atoms with Crippen molar-refractivity contribution in [1.29, 1.82) is 0 Å². The Morgan fingerprint density at radius 2 is 1.90 bits per heavy atom. The molecule has 1 heterocycles. The number of aliphatic imine (C=N–C) groups is 1. The molecule has 2 bridgehead atoms. The van der Waals surface area contributed by atoms with Crippen molar-refractivity contribution in [2.75, 3.05) is 13.2 Å². The third kappa shape index (κ3) is 3.56. The van der Waals surface area contributed by atoms with Crippen LogP contribution in [-0.4, -0.2) is 30.5 Å². The lowest BCUT2D eigenvalue weighted by atomic mass is 9.39. The Labute approximate surface area is 189 Å². The smallest absolute Gasteiger partial charge is 0.258 e. The van der Waals surface area contributed by atoms with Crippen LogP contribution in [0.3, 0.4) is 0 Å². The van der Waals surface area contributed by atoms with Crippen LogP contribution in [-0.2, 0) is 15.1 Å². The van der Waals surface area contributed by atoms with Crippen molar-refractivity contribution in [3.05, 3.63) is 63.9 Å². The van der Waals surface area contributed by atoms with E-state index in [9.17, 15) is 9.18 Å². The fourth-order valence-electron chi connectivity index (χ4n) is 4.92. The molecule has 1 atom stereocenters. The number of hydrogen-bond acceptors (Lipinski definition) is 4. The first-order valence-corrected chi connectivity index (χ1v) is 10.9. The largest absolute Gasteiger partial charge is 0.484 e. The molecule has 4 aliphatic rings. The maximum atomic E-state index is 13.5. The van der Waals surface area contributed by atoms with Gasteiger partial charge in [0, 0.05) is 16.6 Å². The number of nitrogens with one attached hydrogen (secondary N) is 1. The number of carbonyl (C=O) groups excluding carboxylic acids is 1. The standard InChI is InChI=1S/C23H21Cl2FN2O3/c1-21(14-2-4-15(24)5-3-14)13-27-20(31-21)22-10-23(11-22,12-22)28-19(29)9-30-16-6-7-17(25)18(26)8-16/h2-8H,9-13H2,1H3,(H,28,29). The summed E-state index contributed by atoms with van der Waals surface area (Å²) in [5.74, 6) is 0.239. The highest BCUT2D eigenvalue weighted by Crippen LogP contribution is 2.68. The van der Waals surface area contributed by atoms with E-state index < -0.39 is 11.4 Å². The topological polar surface area (TPSA) is 59.9 Å². The molecule has 3 saturated carbocycles. The second kappa shape index (κ2) is 7.10. The van der Waals surface area contributed by atoms with Crippen molar-refractivity contribution in [1.82, 2.24) is 5.32 Å². The number of carbonyl (C=O) groups is 1. The molecule has 5 nitrogen and oxygen atoms in total. The number of ether oxygens (including phenoxy) is 2. The minimum absolute atomic E-state index is 0.0140. The van der Waals surface area contributed by atoms with Gasteiger partial charge in [-0.1, -0.05) is 35.3 Å². The fraction of sp³-hybridized carbons (Fsp3) is 0.391. The molecule has 1 amide bonds. The van der Waals surface area contributed by atoms with Gasteiger partial charge in [0.15, 0.2) is 18.1 Å². The molecule has 0 saturated heterocycles. The maximum absolute atomic E-state index is 13.5. The van der Waals surface area contributed by atoms with E-state index in [4.69, 9.17) is 37.7 Å². The quantitative estimate of drug-likeness (QED) is 0.664. The van der Waals surface area contributed by atoms with Crippen LogP contribution < -0.4 is 10.1 Å². The SMILES string of the molecule is CC1(c2ccc(Cl)cc2)CN=C(C23CC(NC(=O)COc4ccc(Cl)c(F)c4)(C2)C3)O1. The van der Waals surface area contributed by atoms with Gasteiger partial charge in [-0.25, -0.2) is 4.39 Å². The summed E-state index contributed by atoms with van der Waals surface area (Å²) < 4.78 is 25.2. The highest BCUT2D eigenvalue weighted by molar-refractivity contribution is 6.30. The molecule has 0 aromatic heterocycles. The Kier molecular flexibility index (Phi) is 4.72. The van der Waals surface area contributed by atoms with E-state index in [2.05, 4.69) is 5.32 Å². The molecule has 162 valence electrons. The van der Waals surface area contributed by atoms with Crippen molar-refractivity contribution >= 4 is 35.0 Å². The van der Waals surface area contributed by atoms with E-state index in [1.54, 1.807) is 0 Å². The van der Waals surface area contributed by atoms with Gasteiger partial charge in [0.05, 0.1) is 17.0 Å². The van der Waals surface area contributed by atoms with Crippen LogP contribution in [0, 0.1) is 11.2 Å². The number of nitrogens with zero attached hydrogens (tertiary/aromatic N) is 1. The molecule has 0 spiro atoms. The average Bonchev–Trinajstić information content (AvgIpc) is 3.08. The van der Waals surface area contributed by atoms with Crippen molar-refractivity contribution in [3.63, 3.8) is 0 Å². The molecule has 8 heteroatoms. The summed E-state index contributed by atoms with van der Waals surface area (Å²) in [6.07, 6.45) is 2.41. The fourth-order valence-corrected chi connectivity index (χ4v) is 5.17. The van der Waals surface area contributed by atoms with Gasteiger partial charge in [0.25, 0.3) is 5.91 Å². The van der Waals surface area contributed by atoms with E-state index in [-0.39, 0.29) is 34.2 Å². The lowest BCUT2D eigenvalue weighted by Crippen LogP contribution is -2.77. The molecule has 1 aliphatic heterocycles. The molecule has 6 rings (SSSR count). The van der Waals surface area contributed by atoms with Gasteiger partial charge in [0.1, 0.15) is 11.6 Å². The lowest BCUT2D eigenvalue weighted by molar-refractivity contribution is -0.147. The first-order chi connectivity index (χ1) is 14.7. The summed E-state index contributed by atoms with van der Waals surface area (Å²) >= 11 is 11.6. The van der Waals surface area contributed by atoms with Crippen molar-refractivity contribution < 1.29 is 18.7 Å². The van der Waals surface area contributed by atoms with Crippen LogP contribution in [0.2, 0.25) is 10.0 Å². The zero-order valence-electron chi connectivity index (χ0n) is 16.9. The van der Waals surface area contributed by atoms with Crippen LogP contribution in [0.15, 0.2) is 47.5 Å².